The molecule has 0 aliphatic rings. The highest BCUT2D eigenvalue weighted by Crippen LogP contribution is 2.16. The smallest absolute Gasteiger partial charge is 0.225 e. The summed E-state index contributed by atoms with van der Waals surface area (Å²) in [6.07, 6.45) is 0.337. The van der Waals surface area contributed by atoms with Crippen LogP contribution in [0, 0.1) is 32.1 Å². The molecule has 1 aromatic carbocycles. The maximum Gasteiger partial charge on any atom is 0.225 e. The van der Waals surface area contributed by atoms with Gasteiger partial charge in [0.25, 0.3) is 0 Å². The van der Waals surface area contributed by atoms with E-state index in [1.54, 1.807) is 6.92 Å². The number of carbonyl (C=O) groups excluding carboxylic acids is 1. The lowest BCUT2D eigenvalue weighted by Gasteiger charge is -2.12. The van der Waals surface area contributed by atoms with Gasteiger partial charge in [-0.15, -0.1) is 0 Å². The highest BCUT2D eigenvalue weighted by molar-refractivity contribution is 5.80. The molecular formula is C14H18N2O. The van der Waals surface area contributed by atoms with Crippen LogP contribution in [-0.2, 0) is 11.2 Å². The Morgan fingerprint density at radius 3 is 2.35 bits per heavy atom. The molecule has 0 fully saturated rings. The molecule has 1 atom stereocenters. The van der Waals surface area contributed by atoms with E-state index in [9.17, 15) is 4.79 Å². The van der Waals surface area contributed by atoms with E-state index in [0.717, 1.165) is 16.7 Å². The van der Waals surface area contributed by atoms with Gasteiger partial charge in [-0.05, 0) is 44.4 Å². The Kier molecular flexibility index (Phi) is 4.28. The van der Waals surface area contributed by atoms with Crippen molar-refractivity contribution in [3.8, 4) is 6.07 Å². The van der Waals surface area contributed by atoms with Gasteiger partial charge in [0.15, 0.2) is 0 Å². The van der Waals surface area contributed by atoms with Gasteiger partial charge in [-0.25, -0.2) is 0 Å². The first-order chi connectivity index (χ1) is 7.93. The van der Waals surface area contributed by atoms with E-state index in [4.69, 9.17) is 5.26 Å². The maximum absolute atomic E-state index is 11.7. The molecule has 0 saturated heterocycles. The van der Waals surface area contributed by atoms with E-state index in [2.05, 4.69) is 17.4 Å². The van der Waals surface area contributed by atoms with Crippen LogP contribution < -0.4 is 5.32 Å². The van der Waals surface area contributed by atoms with Gasteiger partial charge in [-0.1, -0.05) is 17.7 Å². The quantitative estimate of drug-likeness (QED) is 0.865. The summed E-state index contributed by atoms with van der Waals surface area (Å²) >= 11 is 0. The molecule has 0 aliphatic carbocycles. The van der Waals surface area contributed by atoms with Crippen LogP contribution in [0.3, 0.4) is 0 Å². The fraction of sp³-hybridized carbons (Fsp3) is 0.429. The average Bonchev–Trinajstić information content (AvgIpc) is 2.23. The molecule has 1 amide bonds. The number of carbonyl (C=O) groups is 1. The lowest BCUT2D eigenvalue weighted by molar-refractivity contribution is -0.120. The Bertz CT molecular complexity index is 449. The van der Waals surface area contributed by atoms with Crippen molar-refractivity contribution in [2.75, 3.05) is 0 Å². The minimum Gasteiger partial charge on any atom is -0.340 e. The van der Waals surface area contributed by atoms with Crippen LogP contribution in [0.25, 0.3) is 0 Å². The van der Waals surface area contributed by atoms with Crippen LogP contribution in [-0.4, -0.2) is 11.9 Å². The number of nitriles is 1. The molecule has 90 valence electrons. The molecule has 0 bridgehead atoms. The zero-order valence-electron chi connectivity index (χ0n) is 10.8. The third-order valence-electron chi connectivity index (χ3n) is 2.75. The summed E-state index contributed by atoms with van der Waals surface area (Å²) in [6, 6.07) is 5.70. The molecule has 0 heterocycles. The summed E-state index contributed by atoms with van der Waals surface area (Å²) < 4.78 is 0. The number of nitrogens with zero attached hydrogens (tertiary/aromatic N) is 1. The first-order valence-electron chi connectivity index (χ1n) is 5.69. The lowest BCUT2D eigenvalue weighted by atomic mass is 9.97. The Labute approximate surface area is 102 Å². The third kappa shape index (κ3) is 3.60. The van der Waals surface area contributed by atoms with E-state index in [0.29, 0.717) is 6.42 Å². The predicted octanol–water partition coefficient (Wildman–Crippen LogP) is 2.18. The van der Waals surface area contributed by atoms with Crippen LogP contribution in [0.15, 0.2) is 12.1 Å². The average molecular weight is 230 g/mol. The van der Waals surface area contributed by atoms with Crippen molar-refractivity contribution >= 4 is 5.91 Å². The van der Waals surface area contributed by atoms with Crippen LogP contribution in [0.1, 0.15) is 29.2 Å². The lowest BCUT2D eigenvalue weighted by Crippen LogP contribution is -2.32. The molecule has 1 aromatic rings. The van der Waals surface area contributed by atoms with Crippen molar-refractivity contribution in [3.05, 3.63) is 34.4 Å². The zero-order valence-corrected chi connectivity index (χ0v) is 10.8. The second kappa shape index (κ2) is 5.49. The number of rotatable bonds is 3. The summed E-state index contributed by atoms with van der Waals surface area (Å²) in [7, 11) is 0. The van der Waals surface area contributed by atoms with Crippen molar-refractivity contribution in [1.82, 2.24) is 5.32 Å². The fourth-order valence-corrected chi connectivity index (χ4v) is 1.97. The molecule has 0 radical (unpaired) electrons. The SMILES string of the molecule is Cc1cc(C)c(CC(=O)NC(C)C#N)c(C)c1. The molecule has 3 heteroatoms. The molecule has 0 aliphatic heterocycles. The highest BCUT2D eigenvalue weighted by atomic mass is 16.1. The standard InChI is InChI=1S/C14H18N2O/c1-9-5-10(2)13(11(3)6-9)7-14(17)16-12(4)8-15/h5-6,12H,7H2,1-4H3,(H,16,17). The normalized spacial score (nSPS) is 11.7. The van der Waals surface area contributed by atoms with Crippen LogP contribution in [0.4, 0.5) is 0 Å². The molecule has 3 nitrogen and oxygen atoms in total. The van der Waals surface area contributed by atoms with Gasteiger partial charge in [0.2, 0.25) is 5.91 Å². The molecule has 0 saturated carbocycles. The van der Waals surface area contributed by atoms with Gasteiger partial charge >= 0.3 is 0 Å². The molecule has 1 N–H and O–H groups in total. The Hall–Kier alpha value is -1.82. The summed E-state index contributed by atoms with van der Waals surface area (Å²) in [5, 5.41) is 11.3. The van der Waals surface area contributed by atoms with Crippen LogP contribution in [0.2, 0.25) is 0 Å². The molecule has 1 unspecified atom stereocenters. The fourth-order valence-electron chi connectivity index (χ4n) is 1.97. The maximum atomic E-state index is 11.7. The van der Waals surface area contributed by atoms with Crippen molar-refractivity contribution in [1.29, 1.82) is 5.26 Å². The number of hydrogen-bond donors (Lipinski definition) is 1. The predicted molar refractivity (Wildman–Crippen MR) is 67.6 cm³/mol. The topological polar surface area (TPSA) is 52.9 Å². The van der Waals surface area contributed by atoms with Crippen molar-refractivity contribution in [3.63, 3.8) is 0 Å². The molecule has 0 aromatic heterocycles. The van der Waals surface area contributed by atoms with E-state index in [1.165, 1.54) is 5.56 Å². The van der Waals surface area contributed by atoms with Gasteiger partial charge < -0.3 is 5.32 Å². The number of benzene rings is 1. The highest BCUT2D eigenvalue weighted by Gasteiger charge is 2.11. The minimum atomic E-state index is -0.437. The minimum absolute atomic E-state index is 0.103. The van der Waals surface area contributed by atoms with Gasteiger partial charge in [0.1, 0.15) is 6.04 Å². The first-order valence-corrected chi connectivity index (χ1v) is 5.69. The summed E-state index contributed by atoms with van der Waals surface area (Å²) in [5.41, 5.74) is 4.51. The van der Waals surface area contributed by atoms with Gasteiger partial charge in [-0.3, -0.25) is 4.79 Å². The number of hydrogen-bond acceptors (Lipinski definition) is 2. The summed E-state index contributed by atoms with van der Waals surface area (Å²) in [5.74, 6) is -0.103. The van der Waals surface area contributed by atoms with Gasteiger partial charge in [-0.2, -0.15) is 5.26 Å². The Morgan fingerprint density at radius 2 is 1.88 bits per heavy atom. The molecule has 17 heavy (non-hydrogen) atoms. The largest absolute Gasteiger partial charge is 0.340 e. The number of aryl methyl sites for hydroxylation is 3. The van der Waals surface area contributed by atoms with Gasteiger partial charge in [0.05, 0.1) is 12.5 Å². The second-order valence-corrected chi connectivity index (χ2v) is 4.47. The van der Waals surface area contributed by atoms with E-state index < -0.39 is 6.04 Å². The second-order valence-electron chi connectivity index (χ2n) is 4.47. The van der Waals surface area contributed by atoms with Gasteiger partial charge in [0, 0.05) is 0 Å². The van der Waals surface area contributed by atoms with Crippen molar-refractivity contribution < 1.29 is 4.79 Å². The molecule has 1 rings (SSSR count). The van der Waals surface area contributed by atoms with Crippen molar-refractivity contribution in [2.24, 2.45) is 0 Å². The number of nitrogens with one attached hydrogen (secondary N) is 1. The summed E-state index contributed by atoms with van der Waals surface area (Å²) in [6.45, 7) is 7.74. The summed E-state index contributed by atoms with van der Waals surface area (Å²) in [4.78, 5) is 11.7. The first kappa shape index (κ1) is 13.2. The van der Waals surface area contributed by atoms with Crippen LogP contribution in [0.5, 0.6) is 0 Å². The Morgan fingerprint density at radius 1 is 1.35 bits per heavy atom. The van der Waals surface area contributed by atoms with E-state index >= 15 is 0 Å². The molecular weight excluding hydrogens is 212 g/mol. The number of amides is 1. The van der Waals surface area contributed by atoms with Crippen molar-refractivity contribution in [2.45, 2.75) is 40.2 Å². The van der Waals surface area contributed by atoms with Crippen LogP contribution >= 0.6 is 0 Å². The van der Waals surface area contributed by atoms with E-state index in [-0.39, 0.29) is 5.91 Å². The monoisotopic (exact) mass is 230 g/mol. The Balaban J connectivity index is 2.83. The molecule has 0 spiro atoms. The zero-order chi connectivity index (χ0) is 13.0. The third-order valence-corrected chi connectivity index (χ3v) is 2.75. The van der Waals surface area contributed by atoms with E-state index in [1.807, 2.05) is 26.8 Å².